The summed E-state index contributed by atoms with van der Waals surface area (Å²) >= 11 is 0. The fraction of sp³-hybridized carbons (Fsp3) is 0.0909. The van der Waals surface area contributed by atoms with Crippen LogP contribution in [0.2, 0.25) is 0 Å². The molecule has 0 saturated carbocycles. The first-order valence-corrected chi connectivity index (χ1v) is 9.17. The van der Waals surface area contributed by atoms with Crippen LogP contribution in [-0.4, -0.2) is 25.4 Å². The van der Waals surface area contributed by atoms with Crippen molar-refractivity contribution >= 4 is 11.6 Å². The standard InChI is InChI=1S/C22H18FN5O2/c1-14-3-4-16(11-19(14)23)22(29)27-17-5-7-18(8-6-17)30-21-12-20(25-13-26-21)28-10-9-24-15(28)2/h3-13H,1-2H3,(H,27,29). The van der Waals surface area contributed by atoms with Gasteiger partial charge >= 0.3 is 0 Å². The fourth-order valence-corrected chi connectivity index (χ4v) is 2.80. The molecule has 2 aromatic carbocycles. The maximum atomic E-state index is 13.7. The molecule has 0 spiro atoms. The molecule has 1 amide bonds. The van der Waals surface area contributed by atoms with Gasteiger partial charge < -0.3 is 10.1 Å². The van der Waals surface area contributed by atoms with Gasteiger partial charge in [0.15, 0.2) is 0 Å². The number of imidazole rings is 1. The van der Waals surface area contributed by atoms with Crippen LogP contribution >= 0.6 is 0 Å². The average molecular weight is 403 g/mol. The van der Waals surface area contributed by atoms with Gasteiger partial charge in [-0.15, -0.1) is 0 Å². The van der Waals surface area contributed by atoms with Crippen molar-refractivity contribution in [1.29, 1.82) is 0 Å². The summed E-state index contributed by atoms with van der Waals surface area (Å²) in [5, 5.41) is 2.73. The van der Waals surface area contributed by atoms with Gasteiger partial charge in [-0.05, 0) is 55.8 Å². The highest BCUT2D eigenvalue weighted by Gasteiger charge is 2.09. The number of aryl methyl sites for hydroxylation is 2. The normalized spacial score (nSPS) is 10.6. The van der Waals surface area contributed by atoms with Gasteiger partial charge in [-0.2, -0.15) is 0 Å². The highest BCUT2D eigenvalue weighted by Crippen LogP contribution is 2.23. The van der Waals surface area contributed by atoms with Crippen LogP contribution in [0.4, 0.5) is 10.1 Å². The molecule has 4 rings (SSSR count). The second kappa shape index (κ2) is 8.12. The summed E-state index contributed by atoms with van der Waals surface area (Å²) in [6.07, 6.45) is 4.91. The maximum Gasteiger partial charge on any atom is 0.255 e. The van der Waals surface area contributed by atoms with Gasteiger partial charge in [0.2, 0.25) is 5.88 Å². The van der Waals surface area contributed by atoms with E-state index in [9.17, 15) is 9.18 Å². The summed E-state index contributed by atoms with van der Waals surface area (Å²) in [5.41, 5.74) is 1.30. The van der Waals surface area contributed by atoms with E-state index in [1.807, 2.05) is 11.5 Å². The van der Waals surface area contributed by atoms with Gasteiger partial charge in [-0.1, -0.05) is 6.07 Å². The highest BCUT2D eigenvalue weighted by molar-refractivity contribution is 6.04. The third-order valence-electron chi connectivity index (χ3n) is 4.47. The van der Waals surface area contributed by atoms with Crippen molar-refractivity contribution < 1.29 is 13.9 Å². The molecule has 1 N–H and O–H groups in total. The minimum atomic E-state index is -0.415. The number of nitrogens with zero attached hydrogens (tertiary/aromatic N) is 4. The Morgan fingerprint density at radius 2 is 1.83 bits per heavy atom. The molecule has 0 unspecified atom stereocenters. The summed E-state index contributed by atoms with van der Waals surface area (Å²) in [6, 6.07) is 12.9. The molecule has 0 atom stereocenters. The van der Waals surface area contributed by atoms with Gasteiger partial charge in [-0.25, -0.2) is 19.3 Å². The molecular weight excluding hydrogens is 385 g/mol. The van der Waals surface area contributed by atoms with Crippen molar-refractivity contribution in [2.24, 2.45) is 0 Å². The number of hydrogen-bond acceptors (Lipinski definition) is 5. The van der Waals surface area contributed by atoms with Crippen LogP contribution < -0.4 is 10.1 Å². The van der Waals surface area contributed by atoms with E-state index in [0.717, 1.165) is 5.82 Å². The van der Waals surface area contributed by atoms with Crippen molar-refractivity contribution in [2.45, 2.75) is 13.8 Å². The number of ether oxygens (including phenoxy) is 1. The Bertz CT molecular complexity index is 1200. The summed E-state index contributed by atoms with van der Waals surface area (Å²) in [7, 11) is 0. The SMILES string of the molecule is Cc1ccc(C(=O)Nc2ccc(Oc3cc(-n4ccnc4C)ncn3)cc2)cc1F. The molecule has 0 aliphatic rings. The van der Waals surface area contributed by atoms with E-state index < -0.39 is 11.7 Å². The minimum absolute atomic E-state index is 0.252. The Kier molecular flexibility index (Phi) is 5.21. The first kappa shape index (κ1) is 19.3. The number of amides is 1. The number of nitrogens with one attached hydrogen (secondary N) is 1. The second-order valence-corrected chi connectivity index (χ2v) is 6.60. The number of rotatable bonds is 5. The Morgan fingerprint density at radius 1 is 1.03 bits per heavy atom. The van der Waals surface area contributed by atoms with Crippen molar-refractivity contribution in [1.82, 2.24) is 19.5 Å². The van der Waals surface area contributed by atoms with Crippen LogP contribution in [0.5, 0.6) is 11.6 Å². The number of halogens is 1. The lowest BCUT2D eigenvalue weighted by Crippen LogP contribution is -2.12. The van der Waals surface area contributed by atoms with Gasteiger partial charge in [-0.3, -0.25) is 9.36 Å². The summed E-state index contributed by atoms with van der Waals surface area (Å²) in [4.78, 5) is 24.8. The predicted molar refractivity (Wildman–Crippen MR) is 109 cm³/mol. The number of anilines is 1. The quantitative estimate of drug-likeness (QED) is 0.532. The monoisotopic (exact) mass is 403 g/mol. The topological polar surface area (TPSA) is 81.9 Å². The first-order valence-electron chi connectivity index (χ1n) is 9.17. The number of carbonyl (C=O) groups excluding carboxylic acids is 1. The maximum absolute atomic E-state index is 13.7. The van der Waals surface area contributed by atoms with Crippen LogP contribution in [0.1, 0.15) is 21.7 Å². The second-order valence-electron chi connectivity index (χ2n) is 6.60. The zero-order valence-electron chi connectivity index (χ0n) is 16.3. The first-order chi connectivity index (χ1) is 14.5. The molecule has 2 heterocycles. The summed E-state index contributed by atoms with van der Waals surface area (Å²) in [5.74, 6) is 1.55. The molecule has 150 valence electrons. The smallest absolute Gasteiger partial charge is 0.255 e. The van der Waals surface area contributed by atoms with Crippen LogP contribution in [0.3, 0.4) is 0 Å². The van der Waals surface area contributed by atoms with Gasteiger partial charge in [0.1, 0.15) is 29.5 Å². The molecule has 2 aromatic heterocycles. The molecule has 0 aliphatic heterocycles. The molecule has 0 fully saturated rings. The van der Waals surface area contributed by atoms with Crippen molar-refractivity contribution in [3.05, 3.63) is 90.0 Å². The zero-order chi connectivity index (χ0) is 21.1. The van der Waals surface area contributed by atoms with Gasteiger partial charge in [0.05, 0.1) is 0 Å². The molecular formula is C22H18FN5O2. The van der Waals surface area contributed by atoms with E-state index in [-0.39, 0.29) is 5.56 Å². The van der Waals surface area contributed by atoms with Crippen molar-refractivity contribution in [2.75, 3.05) is 5.32 Å². The Hall–Kier alpha value is -4.07. The third-order valence-corrected chi connectivity index (χ3v) is 4.47. The highest BCUT2D eigenvalue weighted by atomic mass is 19.1. The Labute approximate surface area is 172 Å². The molecule has 0 radical (unpaired) electrons. The van der Waals surface area contributed by atoms with Crippen molar-refractivity contribution in [3.63, 3.8) is 0 Å². The predicted octanol–water partition coefficient (Wildman–Crippen LogP) is 4.46. The molecule has 0 bridgehead atoms. The molecule has 4 aromatic rings. The van der Waals surface area contributed by atoms with Gasteiger partial charge in [0, 0.05) is 29.7 Å². The third kappa shape index (κ3) is 4.17. The average Bonchev–Trinajstić information content (AvgIpc) is 3.17. The lowest BCUT2D eigenvalue weighted by atomic mass is 10.1. The molecule has 8 heteroatoms. The van der Waals surface area contributed by atoms with E-state index in [0.29, 0.717) is 28.7 Å². The number of benzene rings is 2. The van der Waals surface area contributed by atoms with Crippen LogP contribution in [-0.2, 0) is 0 Å². The van der Waals surface area contributed by atoms with E-state index in [4.69, 9.17) is 4.74 Å². The number of hydrogen-bond donors (Lipinski definition) is 1. The summed E-state index contributed by atoms with van der Waals surface area (Å²) in [6.45, 7) is 3.52. The van der Waals surface area contributed by atoms with Gasteiger partial charge in [0.25, 0.3) is 5.91 Å². The lowest BCUT2D eigenvalue weighted by molar-refractivity contribution is 0.102. The van der Waals surface area contributed by atoms with Crippen LogP contribution in [0.15, 0.2) is 67.3 Å². The summed E-state index contributed by atoms with van der Waals surface area (Å²) < 4.78 is 21.3. The minimum Gasteiger partial charge on any atom is -0.439 e. The van der Waals surface area contributed by atoms with E-state index >= 15 is 0 Å². The number of carbonyl (C=O) groups is 1. The lowest BCUT2D eigenvalue weighted by Gasteiger charge is -2.09. The van der Waals surface area contributed by atoms with Crippen LogP contribution in [0, 0.1) is 19.7 Å². The Morgan fingerprint density at radius 3 is 2.53 bits per heavy atom. The number of aromatic nitrogens is 4. The fourth-order valence-electron chi connectivity index (χ4n) is 2.80. The molecule has 7 nitrogen and oxygen atoms in total. The molecule has 30 heavy (non-hydrogen) atoms. The zero-order valence-corrected chi connectivity index (χ0v) is 16.3. The van der Waals surface area contributed by atoms with E-state index in [2.05, 4.69) is 20.3 Å². The van der Waals surface area contributed by atoms with Crippen molar-refractivity contribution in [3.8, 4) is 17.4 Å². The van der Waals surface area contributed by atoms with E-state index in [1.54, 1.807) is 61.8 Å². The van der Waals surface area contributed by atoms with E-state index in [1.165, 1.54) is 12.4 Å². The molecule has 0 saturated heterocycles. The molecule has 0 aliphatic carbocycles. The largest absolute Gasteiger partial charge is 0.439 e. The Balaban J connectivity index is 1.44. The van der Waals surface area contributed by atoms with Crippen LogP contribution in [0.25, 0.3) is 5.82 Å².